The van der Waals surface area contributed by atoms with Crippen LogP contribution in [0.25, 0.3) is 0 Å². The van der Waals surface area contributed by atoms with E-state index < -0.39 is 0 Å². The van der Waals surface area contributed by atoms with Crippen molar-refractivity contribution < 1.29 is 9.26 Å². The molecule has 1 aromatic heterocycles. The molecular weight excluding hydrogens is 218 g/mol. The van der Waals surface area contributed by atoms with Gasteiger partial charge >= 0.3 is 0 Å². The average molecular weight is 233 g/mol. The van der Waals surface area contributed by atoms with Crippen molar-refractivity contribution in [1.82, 2.24) is 5.16 Å². The SMILES string of the molecule is COc1ccc(N)c(NCc2cc(C)no2)c1. The van der Waals surface area contributed by atoms with E-state index in [1.807, 2.05) is 25.1 Å². The van der Waals surface area contributed by atoms with Crippen molar-refractivity contribution >= 4 is 11.4 Å². The topological polar surface area (TPSA) is 73.3 Å². The number of hydrogen-bond acceptors (Lipinski definition) is 5. The van der Waals surface area contributed by atoms with Crippen LogP contribution in [0.15, 0.2) is 28.8 Å². The van der Waals surface area contributed by atoms with E-state index in [0.717, 1.165) is 22.9 Å². The number of anilines is 2. The van der Waals surface area contributed by atoms with Crippen LogP contribution in [-0.4, -0.2) is 12.3 Å². The number of aromatic nitrogens is 1. The third kappa shape index (κ3) is 2.69. The lowest BCUT2D eigenvalue weighted by molar-refractivity contribution is 0.384. The van der Waals surface area contributed by atoms with E-state index in [-0.39, 0.29) is 0 Å². The molecule has 90 valence electrons. The lowest BCUT2D eigenvalue weighted by Gasteiger charge is -2.09. The molecule has 5 nitrogen and oxygen atoms in total. The van der Waals surface area contributed by atoms with E-state index in [1.165, 1.54) is 0 Å². The first-order valence-corrected chi connectivity index (χ1v) is 5.28. The molecule has 1 heterocycles. The number of aryl methyl sites for hydroxylation is 1. The molecule has 0 atom stereocenters. The number of hydrogen-bond donors (Lipinski definition) is 2. The summed E-state index contributed by atoms with van der Waals surface area (Å²) in [7, 11) is 1.62. The second-order valence-corrected chi connectivity index (χ2v) is 3.74. The monoisotopic (exact) mass is 233 g/mol. The van der Waals surface area contributed by atoms with Crippen molar-refractivity contribution in [2.45, 2.75) is 13.5 Å². The van der Waals surface area contributed by atoms with Crippen molar-refractivity contribution in [1.29, 1.82) is 0 Å². The molecule has 0 radical (unpaired) electrons. The zero-order chi connectivity index (χ0) is 12.3. The number of benzene rings is 1. The average Bonchev–Trinajstić information content (AvgIpc) is 2.74. The van der Waals surface area contributed by atoms with Gasteiger partial charge < -0.3 is 20.3 Å². The Hall–Kier alpha value is -2.17. The Labute approximate surface area is 99.6 Å². The fraction of sp³-hybridized carbons (Fsp3) is 0.250. The van der Waals surface area contributed by atoms with Crippen LogP contribution in [0.2, 0.25) is 0 Å². The molecule has 5 heteroatoms. The molecule has 2 rings (SSSR count). The third-order valence-electron chi connectivity index (χ3n) is 2.39. The highest BCUT2D eigenvalue weighted by Gasteiger charge is 2.04. The Morgan fingerprint density at radius 1 is 1.41 bits per heavy atom. The van der Waals surface area contributed by atoms with Crippen molar-refractivity contribution in [3.8, 4) is 5.75 Å². The van der Waals surface area contributed by atoms with Gasteiger partial charge in [0.15, 0.2) is 5.76 Å². The molecule has 0 aliphatic carbocycles. The maximum atomic E-state index is 5.85. The molecule has 1 aromatic carbocycles. The fourth-order valence-electron chi connectivity index (χ4n) is 1.50. The summed E-state index contributed by atoms with van der Waals surface area (Å²) in [6.07, 6.45) is 0. The molecule has 0 aliphatic rings. The summed E-state index contributed by atoms with van der Waals surface area (Å²) in [5.74, 6) is 1.53. The number of ether oxygens (including phenoxy) is 1. The van der Waals surface area contributed by atoms with Crippen molar-refractivity contribution in [3.05, 3.63) is 35.7 Å². The molecular formula is C12H15N3O2. The smallest absolute Gasteiger partial charge is 0.156 e. The number of nitrogens with one attached hydrogen (secondary N) is 1. The maximum Gasteiger partial charge on any atom is 0.156 e. The minimum atomic E-state index is 0.540. The van der Waals surface area contributed by atoms with Gasteiger partial charge in [-0.15, -0.1) is 0 Å². The summed E-state index contributed by atoms with van der Waals surface area (Å²) in [4.78, 5) is 0. The van der Waals surface area contributed by atoms with Crippen LogP contribution >= 0.6 is 0 Å². The van der Waals surface area contributed by atoms with E-state index in [1.54, 1.807) is 13.2 Å². The van der Waals surface area contributed by atoms with Crippen LogP contribution in [-0.2, 0) is 6.54 Å². The second kappa shape index (κ2) is 4.78. The Morgan fingerprint density at radius 2 is 2.24 bits per heavy atom. The summed E-state index contributed by atoms with van der Waals surface area (Å²) in [6.45, 7) is 2.42. The van der Waals surface area contributed by atoms with Crippen LogP contribution in [0.5, 0.6) is 5.75 Å². The quantitative estimate of drug-likeness (QED) is 0.792. The van der Waals surface area contributed by atoms with Crippen LogP contribution in [0.1, 0.15) is 11.5 Å². The van der Waals surface area contributed by atoms with E-state index in [4.69, 9.17) is 15.0 Å². The van der Waals surface area contributed by atoms with Crippen molar-refractivity contribution in [2.24, 2.45) is 0 Å². The van der Waals surface area contributed by atoms with Crippen LogP contribution < -0.4 is 15.8 Å². The van der Waals surface area contributed by atoms with Gasteiger partial charge in [0.2, 0.25) is 0 Å². The second-order valence-electron chi connectivity index (χ2n) is 3.74. The summed E-state index contributed by atoms with van der Waals surface area (Å²) in [5.41, 5.74) is 8.20. The summed E-state index contributed by atoms with van der Waals surface area (Å²) in [6, 6.07) is 7.34. The zero-order valence-electron chi connectivity index (χ0n) is 9.86. The van der Waals surface area contributed by atoms with Gasteiger partial charge in [0, 0.05) is 12.1 Å². The van der Waals surface area contributed by atoms with E-state index in [2.05, 4.69) is 10.5 Å². The highest BCUT2D eigenvalue weighted by atomic mass is 16.5. The number of nitrogen functional groups attached to an aromatic ring is 1. The van der Waals surface area contributed by atoms with E-state index >= 15 is 0 Å². The first-order chi connectivity index (χ1) is 8.19. The fourth-order valence-corrected chi connectivity index (χ4v) is 1.50. The Balaban J connectivity index is 2.07. The maximum absolute atomic E-state index is 5.85. The van der Waals surface area contributed by atoms with E-state index in [0.29, 0.717) is 12.2 Å². The lowest BCUT2D eigenvalue weighted by atomic mass is 10.2. The van der Waals surface area contributed by atoms with Gasteiger partial charge in [0.1, 0.15) is 5.75 Å². The molecule has 0 saturated heterocycles. The largest absolute Gasteiger partial charge is 0.497 e. The molecule has 0 fully saturated rings. The predicted molar refractivity (Wildman–Crippen MR) is 66.0 cm³/mol. The Morgan fingerprint density at radius 3 is 2.88 bits per heavy atom. The number of nitrogens with zero attached hydrogens (tertiary/aromatic N) is 1. The van der Waals surface area contributed by atoms with Crippen LogP contribution in [0.4, 0.5) is 11.4 Å². The Kier molecular flexibility index (Phi) is 3.18. The van der Waals surface area contributed by atoms with Gasteiger partial charge in [0.25, 0.3) is 0 Å². The molecule has 0 saturated carbocycles. The van der Waals surface area contributed by atoms with Gasteiger partial charge in [-0.3, -0.25) is 0 Å². The van der Waals surface area contributed by atoms with Crippen molar-refractivity contribution in [2.75, 3.05) is 18.2 Å². The van der Waals surface area contributed by atoms with Gasteiger partial charge in [-0.2, -0.15) is 0 Å². The zero-order valence-corrected chi connectivity index (χ0v) is 9.86. The normalized spacial score (nSPS) is 10.2. The molecule has 0 amide bonds. The molecule has 3 N–H and O–H groups in total. The van der Waals surface area contributed by atoms with Gasteiger partial charge in [-0.25, -0.2) is 0 Å². The first-order valence-electron chi connectivity index (χ1n) is 5.28. The number of nitrogens with two attached hydrogens (primary N) is 1. The highest BCUT2D eigenvalue weighted by molar-refractivity contribution is 5.68. The summed E-state index contributed by atoms with van der Waals surface area (Å²) >= 11 is 0. The molecule has 0 spiro atoms. The third-order valence-corrected chi connectivity index (χ3v) is 2.39. The molecule has 0 aliphatic heterocycles. The van der Waals surface area contributed by atoms with E-state index in [9.17, 15) is 0 Å². The Bertz CT molecular complexity index is 508. The standard InChI is InChI=1S/C12H15N3O2/c1-8-5-10(17-15-8)7-14-12-6-9(16-2)3-4-11(12)13/h3-6,14H,7,13H2,1-2H3. The number of methoxy groups -OCH3 is 1. The predicted octanol–water partition coefficient (Wildman–Crippen LogP) is 2.19. The van der Waals surface area contributed by atoms with Crippen LogP contribution in [0, 0.1) is 6.92 Å². The van der Waals surface area contributed by atoms with Gasteiger partial charge in [-0.05, 0) is 19.1 Å². The molecule has 17 heavy (non-hydrogen) atoms. The summed E-state index contributed by atoms with van der Waals surface area (Å²) < 4.78 is 10.2. The molecule has 2 aromatic rings. The summed E-state index contributed by atoms with van der Waals surface area (Å²) in [5, 5.41) is 6.99. The minimum Gasteiger partial charge on any atom is -0.497 e. The van der Waals surface area contributed by atoms with Crippen LogP contribution in [0.3, 0.4) is 0 Å². The van der Waals surface area contributed by atoms with Gasteiger partial charge in [0.05, 0.1) is 30.7 Å². The molecule has 0 unspecified atom stereocenters. The number of rotatable bonds is 4. The van der Waals surface area contributed by atoms with Gasteiger partial charge in [-0.1, -0.05) is 5.16 Å². The highest BCUT2D eigenvalue weighted by Crippen LogP contribution is 2.24. The first kappa shape index (κ1) is 11.3. The minimum absolute atomic E-state index is 0.540. The lowest BCUT2D eigenvalue weighted by Crippen LogP contribution is -2.02. The van der Waals surface area contributed by atoms with Crippen molar-refractivity contribution in [3.63, 3.8) is 0 Å². The molecule has 0 bridgehead atoms.